The highest BCUT2D eigenvalue weighted by molar-refractivity contribution is 5.97. The van der Waals surface area contributed by atoms with Crippen molar-refractivity contribution in [2.45, 2.75) is 283 Å². The van der Waals surface area contributed by atoms with Crippen LogP contribution in [0.1, 0.15) is 345 Å². The third-order valence-electron chi connectivity index (χ3n) is 17.1. The molecule has 6 atom stereocenters. The molecule has 0 aliphatic carbocycles. The molecule has 91 heavy (non-hydrogen) atoms. The van der Waals surface area contributed by atoms with Crippen LogP contribution in [0.15, 0.2) is 72.8 Å². The van der Waals surface area contributed by atoms with Crippen molar-refractivity contribution in [2.24, 2.45) is 35.5 Å². The van der Waals surface area contributed by atoms with Gasteiger partial charge in [-0.3, -0.25) is 0 Å². The summed E-state index contributed by atoms with van der Waals surface area (Å²) in [7, 11) is 0. The van der Waals surface area contributed by atoms with E-state index in [-0.39, 0.29) is 43.2 Å². The lowest BCUT2D eigenvalue weighted by atomic mass is 9.97. The van der Waals surface area contributed by atoms with Gasteiger partial charge in [-0.15, -0.1) is 0 Å². The average Bonchev–Trinajstić information content (AvgIpc) is 2.39. The molecule has 3 aromatic carbocycles. The van der Waals surface area contributed by atoms with Crippen LogP contribution in [0.3, 0.4) is 0 Å². The molecule has 0 spiro atoms. The van der Waals surface area contributed by atoms with Gasteiger partial charge in [0.05, 0.1) is 73.0 Å². The first-order valence-electron chi connectivity index (χ1n) is 36.0. The van der Waals surface area contributed by atoms with Crippen molar-refractivity contribution >= 4 is 35.8 Å². The second-order valence-electron chi connectivity index (χ2n) is 25.0. The second-order valence-corrected chi connectivity index (χ2v) is 25.0. The van der Waals surface area contributed by atoms with Gasteiger partial charge in [0.25, 0.3) is 0 Å². The van der Waals surface area contributed by atoms with Crippen molar-refractivity contribution in [2.75, 3.05) is 39.6 Å². The van der Waals surface area contributed by atoms with Crippen LogP contribution >= 0.6 is 0 Å². The predicted molar refractivity (Wildman–Crippen MR) is 375 cm³/mol. The Balaban J connectivity index is 0.00000133. The maximum atomic E-state index is 12.6. The van der Waals surface area contributed by atoms with Crippen molar-refractivity contribution in [3.63, 3.8) is 0 Å². The van der Waals surface area contributed by atoms with Gasteiger partial charge in [-0.2, -0.15) is 0 Å². The molecular weight excluding hydrogens is 1140 g/mol. The Hall–Kier alpha value is -5.52. The summed E-state index contributed by atoms with van der Waals surface area (Å²) in [6, 6.07) is 20.1. The molecule has 0 bridgehead atoms. The Morgan fingerprint density at radius 3 is 0.615 bits per heavy atom. The minimum atomic E-state index is -0.376. The normalized spacial score (nSPS) is 12.8. The van der Waals surface area contributed by atoms with Crippen LogP contribution in [0, 0.1) is 35.5 Å². The molecule has 3 aromatic rings. The fourth-order valence-electron chi connectivity index (χ4n) is 10.9. The molecular formula is C79H130O12. The zero-order valence-corrected chi connectivity index (χ0v) is 58.7. The largest absolute Gasteiger partial charge is 0.462 e. The summed E-state index contributed by atoms with van der Waals surface area (Å²) in [6.07, 6.45) is 33.6. The van der Waals surface area contributed by atoms with Gasteiger partial charge >= 0.3 is 35.8 Å². The van der Waals surface area contributed by atoms with Crippen molar-refractivity contribution < 1.29 is 57.2 Å². The maximum absolute atomic E-state index is 12.6. The SMILES string of the molecule is C.CCCCC(CC)COC(=O)c1cccc(C(=O)OCC(CC)CCCC)c1.CCCCCC(CCC)COC(=O)c1cccc(C(=O)OCC(CC)CCCC)c1.CCCCCC(CCC)COC(=O)c1cccc(C(=O)OCC(CCC)CCCCC)c1. The van der Waals surface area contributed by atoms with Crippen LogP contribution in [0.2, 0.25) is 0 Å². The number of ether oxygens (including phenoxy) is 6. The first kappa shape index (κ1) is 85.5. The van der Waals surface area contributed by atoms with E-state index in [1.807, 2.05) is 0 Å². The zero-order valence-electron chi connectivity index (χ0n) is 58.7. The number of unbranched alkanes of at least 4 members (excludes halogenated alkanes) is 9. The quantitative estimate of drug-likeness (QED) is 0.0300. The van der Waals surface area contributed by atoms with E-state index in [0.717, 1.165) is 135 Å². The Labute approximate surface area is 554 Å². The van der Waals surface area contributed by atoms with Gasteiger partial charge in [0.15, 0.2) is 0 Å². The van der Waals surface area contributed by atoms with Crippen LogP contribution in [0.5, 0.6) is 0 Å². The van der Waals surface area contributed by atoms with Gasteiger partial charge in [0.2, 0.25) is 0 Å². The molecule has 0 radical (unpaired) electrons. The van der Waals surface area contributed by atoms with Gasteiger partial charge < -0.3 is 28.4 Å². The predicted octanol–water partition coefficient (Wildman–Crippen LogP) is 22.3. The van der Waals surface area contributed by atoms with Gasteiger partial charge in [0, 0.05) is 0 Å². The molecule has 0 saturated carbocycles. The molecule has 3 rings (SSSR count). The van der Waals surface area contributed by atoms with Crippen molar-refractivity contribution in [3.8, 4) is 0 Å². The summed E-state index contributed by atoms with van der Waals surface area (Å²) < 4.78 is 33.3. The number of esters is 6. The Bertz CT molecular complexity index is 2250. The van der Waals surface area contributed by atoms with Crippen LogP contribution in [-0.2, 0) is 28.4 Å². The maximum Gasteiger partial charge on any atom is 0.338 e. The summed E-state index contributed by atoms with van der Waals surface area (Å²) in [4.78, 5) is 74.9. The molecule has 0 fully saturated rings. The second kappa shape index (κ2) is 56.1. The number of benzene rings is 3. The molecule has 0 saturated heterocycles. The molecule has 518 valence electrons. The average molecular weight is 1270 g/mol. The molecule has 12 nitrogen and oxygen atoms in total. The van der Waals surface area contributed by atoms with Crippen LogP contribution in [-0.4, -0.2) is 75.5 Å². The van der Waals surface area contributed by atoms with Gasteiger partial charge in [-0.25, -0.2) is 28.8 Å². The van der Waals surface area contributed by atoms with Crippen molar-refractivity contribution in [1.29, 1.82) is 0 Å². The first-order valence-corrected chi connectivity index (χ1v) is 36.0. The highest BCUT2D eigenvalue weighted by Gasteiger charge is 2.21. The Kier molecular flexibility index (Phi) is 52.7. The van der Waals surface area contributed by atoms with Gasteiger partial charge in [0.1, 0.15) is 0 Å². The first-order chi connectivity index (χ1) is 43.6. The standard InChI is InChI=1S/C28H46O4.C26H42O4.C24H38O4.CH4/c1-5-9-11-16-23(14-7-3)21-31-27(29)25-18-13-19-26(20-25)28(30)32-22-24(15-8-4)17-12-10-6-2;1-5-9-11-15-22(13-7-3)20-30-26(28)24-17-12-16-23(18-24)25(27)29-19-21(8-4)14-10-6-2;1-5-9-12-19(7-3)17-27-23(25)21-14-11-15-22(16-21)24(26)28-18-20(8-4)13-10-6-2;/h13,18-20,23-24H,5-12,14-17,21-22H2,1-4H3;12,16-18,21-22H,5-11,13-15,19-20H2,1-4H3;11,14-16,19-20H,5-10,12-13,17-18H2,1-4H3;1H4. The van der Waals surface area contributed by atoms with E-state index in [2.05, 4.69) is 83.1 Å². The summed E-state index contributed by atoms with van der Waals surface area (Å²) in [5.74, 6) is 0.199. The van der Waals surface area contributed by atoms with Crippen LogP contribution in [0.25, 0.3) is 0 Å². The Morgan fingerprint density at radius 1 is 0.253 bits per heavy atom. The van der Waals surface area contributed by atoms with Crippen LogP contribution in [0.4, 0.5) is 0 Å². The lowest BCUT2D eigenvalue weighted by Crippen LogP contribution is -2.16. The monoisotopic (exact) mass is 1270 g/mol. The van der Waals surface area contributed by atoms with Crippen LogP contribution < -0.4 is 0 Å². The molecule has 0 aliphatic rings. The smallest absolute Gasteiger partial charge is 0.338 e. The molecule has 0 aliphatic heterocycles. The highest BCUT2D eigenvalue weighted by atomic mass is 16.6. The highest BCUT2D eigenvalue weighted by Crippen LogP contribution is 2.23. The molecule has 0 aromatic heterocycles. The molecule has 12 heteroatoms. The molecule has 0 N–H and O–H groups in total. The summed E-state index contributed by atoms with van der Waals surface area (Å²) in [6.45, 7) is 28.6. The molecule has 6 unspecified atom stereocenters. The third-order valence-corrected chi connectivity index (χ3v) is 17.1. The molecule has 0 heterocycles. The van der Waals surface area contributed by atoms with E-state index in [1.165, 1.54) is 57.8 Å². The zero-order chi connectivity index (χ0) is 66.6. The fourth-order valence-corrected chi connectivity index (χ4v) is 10.9. The van der Waals surface area contributed by atoms with Crippen molar-refractivity contribution in [1.82, 2.24) is 0 Å². The van der Waals surface area contributed by atoms with E-state index in [9.17, 15) is 28.8 Å². The summed E-state index contributed by atoms with van der Waals surface area (Å²) in [5, 5.41) is 0. The number of rotatable bonds is 48. The minimum absolute atomic E-state index is 0. The van der Waals surface area contributed by atoms with E-state index in [1.54, 1.807) is 72.8 Å². The van der Waals surface area contributed by atoms with Gasteiger partial charge in [-0.05, 0) is 148 Å². The lowest BCUT2D eigenvalue weighted by Gasteiger charge is -2.17. The number of carbonyl (C=O) groups is 6. The van der Waals surface area contributed by atoms with E-state index >= 15 is 0 Å². The third kappa shape index (κ3) is 39.6. The summed E-state index contributed by atoms with van der Waals surface area (Å²) in [5.41, 5.74) is 2.44. The number of hydrogen-bond acceptors (Lipinski definition) is 12. The number of hydrogen-bond donors (Lipinski definition) is 0. The molecule has 0 amide bonds. The Morgan fingerprint density at radius 2 is 0.440 bits per heavy atom. The van der Waals surface area contributed by atoms with Crippen molar-refractivity contribution in [3.05, 3.63) is 106 Å². The fraction of sp³-hybridized carbons (Fsp3) is 0.696. The van der Waals surface area contributed by atoms with Gasteiger partial charge in [-0.1, -0.05) is 244 Å². The van der Waals surface area contributed by atoms with E-state index in [0.29, 0.717) is 109 Å². The summed E-state index contributed by atoms with van der Waals surface area (Å²) >= 11 is 0. The minimum Gasteiger partial charge on any atom is -0.462 e. The topological polar surface area (TPSA) is 158 Å². The van der Waals surface area contributed by atoms with E-state index < -0.39 is 0 Å². The number of carbonyl (C=O) groups excluding carboxylic acids is 6. The lowest BCUT2D eigenvalue weighted by molar-refractivity contribution is 0.0405. The van der Waals surface area contributed by atoms with E-state index in [4.69, 9.17) is 28.4 Å².